The first-order valence-electron chi connectivity index (χ1n) is 7.54. The molecule has 0 radical (unpaired) electrons. The van der Waals surface area contributed by atoms with Crippen LogP contribution in [-0.4, -0.2) is 38.0 Å². The molecule has 2 N–H and O–H groups in total. The summed E-state index contributed by atoms with van der Waals surface area (Å²) in [4.78, 5) is 23.3. The minimum absolute atomic E-state index is 0.0919. The highest BCUT2D eigenvalue weighted by Crippen LogP contribution is 2.09. The van der Waals surface area contributed by atoms with Crippen molar-refractivity contribution in [2.75, 3.05) is 0 Å². The van der Waals surface area contributed by atoms with E-state index in [-0.39, 0.29) is 5.69 Å². The van der Waals surface area contributed by atoms with Crippen LogP contribution in [0, 0.1) is 6.92 Å². The number of carboxylic acids is 1. The van der Waals surface area contributed by atoms with Gasteiger partial charge in [0.15, 0.2) is 5.69 Å². The number of aromatic nitrogens is 3. The standard InChI is InChI=1S/C16H20N4O3/c1-3-4-8-13(16(22)23)17-15(21)14-10-20(19-18-14)12-7-5-6-11(2)9-12/h5-7,9-10,13H,3-4,8H2,1-2H3,(H,17,21)(H,22,23)/t13-/m0/s1. The number of aliphatic carboxylic acids is 1. The van der Waals surface area contributed by atoms with Crippen LogP contribution in [0.2, 0.25) is 0 Å². The van der Waals surface area contributed by atoms with Crippen LogP contribution in [0.15, 0.2) is 30.5 Å². The van der Waals surface area contributed by atoms with Crippen LogP contribution in [0.1, 0.15) is 42.2 Å². The van der Waals surface area contributed by atoms with Crippen LogP contribution in [0.5, 0.6) is 0 Å². The zero-order valence-electron chi connectivity index (χ0n) is 13.2. The van der Waals surface area contributed by atoms with Gasteiger partial charge in [0.25, 0.3) is 5.91 Å². The molecule has 0 unspecified atom stereocenters. The van der Waals surface area contributed by atoms with Gasteiger partial charge in [-0.15, -0.1) is 5.10 Å². The maximum absolute atomic E-state index is 12.1. The second-order valence-corrected chi connectivity index (χ2v) is 5.39. The van der Waals surface area contributed by atoms with Gasteiger partial charge in [0, 0.05) is 0 Å². The topological polar surface area (TPSA) is 97.1 Å². The number of carbonyl (C=O) groups is 2. The van der Waals surface area contributed by atoms with Gasteiger partial charge in [0.05, 0.1) is 11.9 Å². The van der Waals surface area contributed by atoms with E-state index in [1.807, 2.05) is 38.1 Å². The molecule has 0 saturated heterocycles. The van der Waals surface area contributed by atoms with Gasteiger partial charge in [-0.25, -0.2) is 9.48 Å². The molecule has 0 aliphatic heterocycles. The van der Waals surface area contributed by atoms with Gasteiger partial charge < -0.3 is 10.4 Å². The van der Waals surface area contributed by atoms with Gasteiger partial charge in [0.2, 0.25) is 0 Å². The highest BCUT2D eigenvalue weighted by Gasteiger charge is 2.21. The van der Waals surface area contributed by atoms with E-state index in [1.54, 1.807) is 0 Å². The van der Waals surface area contributed by atoms with Crippen molar-refractivity contribution >= 4 is 11.9 Å². The first-order valence-corrected chi connectivity index (χ1v) is 7.54. The molecule has 1 aromatic carbocycles. The van der Waals surface area contributed by atoms with Crippen LogP contribution in [0.4, 0.5) is 0 Å². The second kappa shape index (κ2) is 7.53. The van der Waals surface area contributed by atoms with Gasteiger partial charge >= 0.3 is 5.97 Å². The van der Waals surface area contributed by atoms with Crippen molar-refractivity contribution in [2.24, 2.45) is 0 Å². The van der Waals surface area contributed by atoms with Crippen molar-refractivity contribution in [3.05, 3.63) is 41.7 Å². The van der Waals surface area contributed by atoms with Crippen molar-refractivity contribution in [3.8, 4) is 5.69 Å². The molecule has 0 bridgehead atoms. The summed E-state index contributed by atoms with van der Waals surface area (Å²) in [5.41, 5.74) is 1.95. The Kier molecular flexibility index (Phi) is 5.46. The fraction of sp³-hybridized carbons (Fsp3) is 0.375. The molecule has 0 saturated carbocycles. The molecule has 0 fully saturated rings. The second-order valence-electron chi connectivity index (χ2n) is 5.39. The fourth-order valence-electron chi connectivity index (χ4n) is 2.16. The summed E-state index contributed by atoms with van der Waals surface area (Å²) in [5, 5.41) is 19.4. The largest absolute Gasteiger partial charge is 0.480 e. The minimum Gasteiger partial charge on any atom is -0.480 e. The molecular formula is C16H20N4O3. The SMILES string of the molecule is CCCC[C@H](NC(=O)c1cn(-c2cccc(C)c2)nn1)C(=O)O. The summed E-state index contributed by atoms with van der Waals surface area (Å²) in [5.74, 6) is -1.58. The monoisotopic (exact) mass is 316 g/mol. The van der Waals surface area contributed by atoms with Gasteiger partial charge in [-0.3, -0.25) is 4.79 Å². The molecule has 122 valence electrons. The first kappa shape index (κ1) is 16.7. The molecular weight excluding hydrogens is 296 g/mol. The zero-order valence-corrected chi connectivity index (χ0v) is 13.2. The smallest absolute Gasteiger partial charge is 0.326 e. The van der Waals surface area contributed by atoms with E-state index in [0.717, 1.165) is 24.1 Å². The van der Waals surface area contributed by atoms with Gasteiger partial charge in [-0.1, -0.05) is 37.1 Å². The maximum atomic E-state index is 12.1. The third-order valence-electron chi connectivity index (χ3n) is 3.44. The number of carboxylic acid groups (broad SMARTS) is 1. The van der Waals surface area contributed by atoms with E-state index in [1.165, 1.54) is 10.9 Å². The summed E-state index contributed by atoms with van der Waals surface area (Å²) < 4.78 is 1.49. The predicted octanol–water partition coefficient (Wildman–Crippen LogP) is 1.95. The van der Waals surface area contributed by atoms with E-state index in [0.29, 0.717) is 6.42 Å². The summed E-state index contributed by atoms with van der Waals surface area (Å²) >= 11 is 0. The van der Waals surface area contributed by atoms with Crippen molar-refractivity contribution in [2.45, 2.75) is 39.2 Å². The van der Waals surface area contributed by atoms with E-state index in [9.17, 15) is 9.59 Å². The molecule has 1 amide bonds. The number of carbonyl (C=O) groups excluding carboxylic acids is 1. The van der Waals surface area contributed by atoms with Crippen LogP contribution in [-0.2, 0) is 4.79 Å². The lowest BCUT2D eigenvalue weighted by Gasteiger charge is -2.12. The molecule has 2 aromatic rings. The molecule has 1 atom stereocenters. The van der Waals surface area contributed by atoms with Crippen molar-refractivity contribution < 1.29 is 14.7 Å². The number of nitrogens with one attached hydrogen (secondary N) is 1. The number of benzene rings is 1. The van der Waals surface area contributed by atoms with Crippen molar-refractivity contribution in [1.29, 1.82) is 0 Å². The Morgan fingerprint density at radius 3 is 2.83 bits per heavy atom. The lowest BCUT2D eigenvalue weighted by atomic mass is 10.1. The Labute approximate surface area is 134 Å². The normalized spacial score (nSPS) is 11.9. The Morgan fingerprint density at radius 2 is 2.17 bits per heavy atom. The molecule has 7 heteroatoms. The highest BCUT2D eigenvalue weighted by molar-refractivity contribution is 5.94. The molecule has 0 spiro atoms. The van der Waals surface area contributed by atoms with Crippen molar-refractivity contribution in [1.82, 2.24) is 20.3 Å². The molecule has 2 rings (SSSR count). The summed E-state index contributed by atoms with van der Waals surface area (Å²) in [7, 11) is 0. The van der Waals surface area contributed by atoms with Gasteiger partial charge in [0.1, 0.15) is 6.04 Å². The number of hydrogen-bond acceptors (Lipinski definition) is 4. The number of nitrogens with zero attached hydrogens (tertiary/aromatic N) is 3. The quantitative estimate of drug-likeness (QED) is 0.813. The third kappa shape index (κ3) is 4.38. The zero-order chi connectivity index (χ0) is 16.8. The molecule has 23 heavy (non-hydrogen) atoms. The minimum atomic E-state index is -1.04. The number of amides is 1. The van der Waals surface area contributed by atoms with Crippen LogP contribution in [0.3, 0.4) is 0 Å². The first-order chi connectivity index (χ1) is 11.0. The lowest BCUT2D eigenvalue weighted by molar-refractivity contribution is -0.139. The Morgan fingerprint density at radius 1 is 1.39 bits per heavy atom. The summed E-state index contributed by atoms with van der Waals surface area (Å²) in [6, 6.07) is 6.70. The molecule has 0 aliphatic carbocycles. The maximum Gasteiger partial charge on any atom is 0.326 e. The predicted molar refractivity (Wildman–Crippen MR) is 84.5 cm³/mol. The van der Waals surface area contributed by atoms with E-state index in [4.69, 9.17) is 5.11 Å². The number of hydrogen-bond donors (Lipinski definition) is 2. The van der Waals surface area contributed by atoms with Crippen molar-refractivity contribution in [3.63, 3.8) is 0 Å². The molecule has 0 aliphatic rings. The van der Waals surface area contributed by atoms with E-state index < -0.39 is 17.9 Å². The fourth-order valence-corrected chi connectivity index (χ4v) is 2.16. The van der Waals surface area contributed by atoms with Gasteiger partial charge in [-0.2, -0.15) is 0 Å². The number of rotatable bonds is 7. The van der Waals surface area contributed by atoms with Crippen LogP contribution >= 0.6 is 0 Å². The Hall–Kier alpha value is -2.70. The number of unbranched alkanes of at least 4 members (excludes halogenated alkanes) is 1. The van der Waals surface area contributed by atoms with Gasteiger partial charge in [-0.05, 0) is 31.0 Å². The van der Waals surface area contributed by atoms with Crippen LogP contribution < -0.4 is 5.32 Å². The molecule has 7 nitrogen and oxygen atoms in total. The highest BCUT2D eigenvalue weighted by atomic mass is 16.4. The third-order valence-corrected chi connectivity index (χ3v) is 3.44. The van der Waals surface area contributed by atoms with E-state index >= 15 is 0 Å². The summed E-state index contributed by atoms with van der Waals surface area (Å²) in [6.45, 7) is 3.92. The lowest BCUT2D eigenvalue weighted by Crippen LogP contribution is -2.40. The Balaban J connectivity index is 2.10. The average molecular weight is 316 g/mol. The molecule has 1 aromatic heterocycles. The molecule has 1 heterocycles. The van der Waals surface area contributed by atoms with E-state index in [2.05, 4.69) is 15.6 Å². The average Bonchev–Trinajstić information content (AvgIpc) is 3.01. The Bertz CT molecular complexity index is 696. The van der Waals surface area contributed by atoms with Crippen LogP contribution in [0.25, 0.3) is 5.69 Å². The number of aryl methyl sites for hydroxylation is 1. The summed E-state index contributed by atoms with van der Waals surface area (Å²) in [6.07, 6.45) is 3.48.